The quantitative estimate of drug-likeness (QED) is 0.825. The number of rotatable bonds is 2. The zero-order valence-electron chi connectivity index (χ0n) is 9.99. The molecule has 16 heavy (non-hydrogen) atoms. The first-order valence-corrected chi connectivity index (χ1v) is 6.10. The fourth-order valence-electron chi connectivity index (χ4n) is 3.25. The smallest absolute Gasteiger partial charge is 0.122 e. The molecule has 86 valence electrons. The van der Waals surface area contributed by atoms with Crippen molar-refractivity contribution in [2.45, 2.75) is 26.2 Å². The highest BCUT2D eigenvalue weighted by molar-refractivity contribution is 5.43. The standard InChI is InChI=1S/C14H19NO/c1-14(2)11(8-15)13(14)10-3-4-12-9(7-10)5-6-16-12/h3-4,7,11,13H,5-6,8,15H2,1-2H3/t11-,13-/m0/s1. The molecular formula is C14H19NO. The third-order valence-corrected chi connectivity index (χ3v) is 4.38. The van der Waals surface area contributed by atoms with Crippen LogP contribution in [0.15, 0.2) is 18.2 Å². The van der Waals surface area contributed by atoms with Crippen molar-refractivity contribution in [1.82, 2.24) is 0 Å². The summed E-state index contributed by atoms with van der Waals surface area (Å²) in [4.78, 5) is 0. The summed E-state index contributed by atoms with van der Waals surface area (Å²) in [6, 6.07) is 6.66. The molecule has 1 saturated carbocycles. The van der Waals surface area contributed by atoms with Gasteiger partial charge in [-0.3, -0.25) is 0 Å². The van der Waals surface area contributed by atoms with Crippen LogP contribution < -0.4 is 10.5 Å². The van der Waals surface area contributed by atoms with Crippen LogP contribution >= 0.6 is 0 Å². The van der Waals surface area contributed by atoms with E-state index in [-0.39, 0.29) is 0 Å². The summed E-state index contributed by atoms with van der Waals surface area (Å²) in [5, 5.41) is 0. The monoisotopic (exact) mass is 217 g/mol. The lowest BCUT2D eigenvalue weighted by atomic mass is 10.0. The second kappa shape index (κ2) is 3.24. The van der Waals surface area contributed by atoms with Crippen LogP contribution in [0, 0.1) is 11.3 Å². The lowest BCUT2D eigenvalue weighted by Gasteiger charge is -2.05. The number of hydrogen-bond donors (Lipinski definition) is 1. The SMILES string of the molecule is CC1(C)[C@@H](CN)[C@@H]1c1ccc2c(c1)CCO2. The third-order valence-electron chi connectivity index (χ3n) is 4.38. The first-order chi connectivity index (χ1) is 7.64. The molecule has 2 atom stereocenters. The zero-order valence-corrected chi connectivity index (χ0v) is 9.99. The van der Waals surface area contributed by atoms with Crippen LogP contribution in [0.1, 0.15) is 30.9 Å². The Labute approximate surface area is 96.8 Å². The van der Waals surface area contributed by atoms with Gasteiger partial charge in [-0.2, -0.15) is 0 Å². The predicted octanol–water partition coefficient (Wildman–Crippen LogP) is 2.32. The number of ether oxygens (including phenoxy) is 1. The molecule has 1 aromatic carbocycles. The Morgan fingerprint density at radius 1 is 1.44 bits per heavy atom. The molecule has 0 unspecified atom stereocenters. The molecule has 0 aromatic heterocycles. The van der Waals surface area contributed by atoms with E-state index in [2.05, 4.69) is 32.0 Å². The summed E-state index contributed by atoms with van der Waals surface area (Å²) < 4.78 is 5.53. The van der Waals surface area contributed by atoms with Gasteiger partial charge < -0.3 is 10.5 Å². The average molecular weight is 217 g/mol. The molecule has 3 rings (SSSR count). The van der Waals surface area contributed by atoms with Gasteiger partial charge in [0.25, 0.3) is 0 Å². The maximum Gasteiger partial charge on any atom is 0.122 e. The summed E-state index contributed by atoms with van der Waals surface area (Å²) in [6.45, 7) is 6.27. The Kier molecular flexibility index (Phi) is 2.05. The van der Waals surface area contributed by atoms with Gasteiger partial charge in [-0.25, -0.2) is 0 Å². The van der Waals surface area contributed by atoms with Crippen LogP contribution in [-0.4, -0.2) is 13.2 Å². The minimum Gasteiger partial charge on any atom is -0.493 e. The summed E-state index contributed by atoms with van der Waals surface area (Å²) >= 11 is 0. The van der Waals surface area contributed by atoms with Gasteiger partial charge in [0, 0.05) is 6.42 Å². The van der Waals surface area contributed by atoms with Crippen molar-refractivity contribution in [2.24, 2.45) is 17.1 Å². The molecule has 2 N–H and O–H groups in total. The molecule has 0 bridgehead atoms. The first-order valence-electron chi connectivity index (χ1n) is 6.10. The molecule has 1 fully saturated rings. The van der Waals surface area contributed by atoms with Crippen LogP contribution in [0.2, 0.25) is 0 Å². The molecule has 1 aliphatic heterocycles. The zero-order chi connectivity index (χ0) is 11.3. The van der Waals surface area contributed by atoms with E-state index in [1.807, 2.05) is 0 Å². The van der Waals surface area contributed by atoms with E-state index in [9.17, 15) is 0 Å². The van der Waals surface area contributed by atoms with E-state index in [1.54, 1.807) is 0 Å². The molecule has 2 nitrogen and oxygen atoms in total. The van der Waals surface area contributed by atoms with Crippen molar-refractivity contribution in [3.63, 3.8) is 0 Å². The van der Waals surface area contributed by atoms with Crippen molar-refractivity contribution in [3.8, 4) is 5.75 Å². The van der Waals surface area contributed by atoms with Gasteiger partial charge in [-0.05, 0) is 41.0 Å². The number of fused-ring (bicyclic) bond motifs is 1. The summed E-state index contributed by atoms with van der Waals surface area (Å²) in [6.07, 6.45) is 1.06. The van der Waals surface area contributed by atoms with Crippen molar-refractivity contribution >= 4 is 0 Å². The predicted molar refractivity (Wildman–Crippen MR) is 64.7 cm³/mol. The van der Waals surface area contributed by atoms with Crippen molar-refractivity contribution < 1.29 is 4.74 Å². The van der Waals surface area contributed by atoms with E-state index in [0.717, 1.165) is 25.3 Å². The summed E-state index contributed by atoms with van der Waals surface area (Å²) in [5.41, 5.74) is 9.02. The van der Waals surface area contributed by atoms with Gasteiger partial charge in [-0.15, -0.1) is 0 Å². The molecule has 0 radical (unpaired) electrons. The Bertz CT molecular complexity index is 425. The number of nitrogens with two attached hydrogens (primary N) is 1. The van der Waals surface area contributed by atoms with Crippen LogP contribution in [0.5, 0.6) is 5.75 Å². The maximum atomic E-state index is 5.83. The fourth-order valence-corrected chi connectivity index (χ4v) is 3.25. The third kappa shape index (κ3) is 1.29. The highest BCUT2D eigenvalue weighted by atomic mass is 16.5. The Morgan fingerprint density at radius 3 is 2.94 bits per heavy atom. The van der Waals surface area contributed by atoms with Gasteiger partial charge >= 0.3 is 0 Å². The lowest BCUT2D eigenvalue weighted by Crippen LogP contribution is -2.05. The molecule has 1 aromatic rings. The van der Waals surface area contributed by atoms with Crippen molar-refractivity contribution in [2.75, 3.05) is 13.2 Å². The van der Waals surface area contributed by atoms with Crippen LogP contribution in [0.4, 0.5) is 0 Å². The molecule has 0 spiro atoms. The van der Waals surface area contributed by atoms with E-state index in [0.29, 0.717) is 17.3 Å². The molecule has 2 heteroatoms. The molecule has 2 aliphatic rings. The van der Waals surface area contributed by atoms with Gasteiger partial charge in [-0.1, -0.05) is 26.0 Å². The molecule has 1 aliphatic carbocycles. The Balaban J connectivity index is 1.92. The lowest BCUT2D eigenvalue weighted by molar-refractivity contribution is 0.357. The van der Waals surface area contributed by atoms with E-state index in [4.69, 9.17) is 10.5 Å². The minimum atomic E-state index is 0.377. The maximum absolute atomic E-state index is 5.83. The first kappa shape index (κ1) is 10.2. The fraction of sp³-hybridized carbons (Fsp3) is 0.571. The van der Waals surface area contributed by atoms with Gasteiger partial charge in [0.15, 0.2) is 0 Å². The summed E-state index contributed by atoms with van der Waals surface area (Å²) in [7, 11) is 0. The van der Waals surface area contributed by atoms with Gasteiger partial charge in [0.2, 0.25) is 0 Å². The largest absolute Gasteiger partial charge is 0.493 e. The second-order valence-corrected chi connectivity index (χ2v) is 5.61. The van der Waals surface area contributed by atoms with Crippen LogP contribution in [0.3, 0.4) is 0 Å². The Morgan fingerprint density at radius 2 is 2.25 bits per heavy atom. The highest BCUT2D eigenvalue weighted by Crippen LogP contribution is 2.64. The van der Waals surface area contributed by atoms with E-state index < -0.39 is 0 Å². The minimum absolute atomic E-state index is 0.377. The topological polar surface area (TPSA) is 35.2 Å². The number of hydrogen-bond acceptors (Lipinski definition) is 2. The highest BCUT2D eigenvalue weighted by Gasteiger charge is 2.57. The number of benzene rings is 1. The van der Waals surface area contributed by atoms with Crippen molar-refractivity contribution in [3.05, 3.63) is 29.3 Å². The van der Waals surface area contributed by atoms with E-state index in [1.165, 1.54) is 11.1 Å². The van der Waals surface area contributed by atoms with Gasteiger partial charge in [0.1, 0.15) is 5.75 Å². The van der Waals surface area contributed by atoms with Gasteiger partial charge in [0.05, 0.1) is 6.61 Å². The normalized spacial score (nSPS) is 29.7. The van der Waals surface area contributed by atoms with Crippen LogP contribution in [0.25, 0.3) is 0 Å². The average Bonchev–Trinajstić information content (AvgIpc) is 2.62. The Hall–Kier alpha value is -1.02. The molecular weight excluding hydrogens is 198 g/mol. The molecule has 0 saturated heterocycles. The van der Waals surface area contributed by atoms with Crippen molar-refractivity contribution in [1.29, 1.82) is 0 Å². The molecule has 1 heterocycles. The van der Waals surface area contributed by atoms with E-state index >= 15 is 0 Å². The second-order valence-electron chi connectivity index (χ2n) is 5.61. The van der Waals surface area contributed by atoms with Crippen LogP contribution in [-0.2, 0) is 6.42 Å². The molecule has 0 amide bonds. The summed E-state index contributed by atoms with van der Waals surface area (Å²) in [5.74, 6) is 2.36.